The van der Waals surface area contributed by atoms with Gasteiger partial charge in [-0.15, -0.1) is 0 Å². The molecule has 11 heteroatoms. The molecule has 3 rings (SSSR count). The monoisotopic (exact) mass is 421 g/mol. The molecule has 0 bridgehead atoms. The van der Waals surface area contributed by atoms with E-state index in [-0.39, 0.29) is 11.5 Å². The first-order valence-electron chi connectivity index (χ1n) is 8.27. The Morgan fingerprint density at radius 3 is 2.52 bits per heavy atom. The van der Waals surface area contributed by atoms with Crippen molar-refractivity contribution in [2.75, 3.05) is 5.75 Å². The Morgan fingerprint density at radius 1 is 1.17 bits per heavy atom. The topological polar surface area (TPSA) is 102 Å². The summed E-state index contributed by atoms with van der Waals surface area (Å²) >= 11 is 0. The molecule has 0 unspecified atom stereocenters. The molecule has 0 spiro atoms. The molecule has 0 aliphatic heterocycles. The van der Waals surface area contributed by atoms with E-state index in [4.69, 9.17) is 5.26 Å². The van der Waals surface area contributed by atoms with Crippen LogP contribution in [0.15, 0.2) is 41.7 Å². The molecule has 0 N–H and O–H groups in total. The summed E-state index contributed by atoms with van der Waals surface area (Å²) in [6, 6.07) is 5.59. The molecule has 0 aromatic carbocycles. The first-order valence-corrected chi connectivity index (χ1v) is 9.92. The van der Waals surface area contributed by atoms with Crippen molar-refractivity contribution in [2.45, 2.75) is 18.0 Å². The van der Waals surface area contributed by atoms with E-state index in [1.807, 2.05) is 6.07 Å². The number of aromatic nitrogens is 4. The lowest BCUT2D eigenvalue weighted by molar-refractivity contribution is -0.138. The van der Waals surface area contributed by atoms with Gasteiger partial charge in [-0.05, 0) is 18.2 Å². The number of imidazole rings is 1. The van der Waals surface area contributed by atoms with Crippen LogP contribution in [0.25, 0.3) is 22.9 Å². The molecule has 150 valence electrons. The van der Waals surface area contributed by atoms with Gasteiger partial charge in [0.1, 0.15) is 5.69 Å². The van der Waals surface area contributed by atoms with Crippen LogP contribution in [-0.4, -0.2) is 33.7 Å². The second-order valence-electron chi connectivity index (χ2n) is 6.04. The largest absolute Gasteiger partial charge is 0.417 e. The van der Waals surface area contributed by atoms with E-state index in [9.17, 15) is 21.6 Å². The molecule has 3 heterocycles. The van der Waals surface area contributed by atoms with Crippen molar-refractivity contribution in [1.82, 2.24) is 19.5 Å². The third-order valence-electron chi connectivity index (χ3n) is 4.25. The van der Waals surface area contributed by atoms with Crippen LogP contribution in [-0.2, 0) is 23.1 Å². The first-order chi connectivity index (χ1) is 13.6. The zero-order chi connectivity index (χ0) is 21.4. The Hall–Kier alpha value is -3.26. The predicted molar refractivity (Wildman–Crippen MR) is 97.1 cm³/mol. The van der Waals surface area contributed by atoms with Crippen LogP contribution in [0.4, 0.5) is 13.2 Å². The average Bonchev–Trinajstić information content (AvgIpc) is 3.08. The van der Waals surface area contributed by atoms with Gasteiger partial charge in [-0.3, -0.25) is 9.97 Å². The minimum Gasteiger partial charge on any atom is -0.325 e. The molecule has 7 nitrogen and oxygen atoms in total. The maximum atomic E-state index is 13.1. The number of nitrogens with zero attached hydrogens (tertiary/aromatic N) is 5. The lowest BCUT2D eigenvalue weighted by Gasteiger charge is -2.13. The van der Waals surface area contributed by atoms with E-state index in [1.54, 1.807) is 7.05 Å². The molecule has 0 aliphatic rings. The van der Waals surface area contributed by atoms with Crippen molar-refractivity contribution in [1.29, 1.82) is 5.26 Å². The second-order valence-corrected chi connectivity index (χ2v) is 8.29. The van der Waals surface area contributed by atoms with Crippen LogP contribution in [0.2, 0.25) is 0 Å². The van der Waals surface area contributed by atoms with Crippen molar-refractivity contribution in [3.05, 3.63) is 47.9 Å². The van der Waals surface area contributed by atoms with Gasteiger partial charge in [-0.25, -0.2) is 13.4 Å². The summed E-state index contributed by atoms with van der Waals surface area (Å²) in [5, 5.41) is 9.04. The minimum absolute atomic E-state index is 0.0601. The zero-order valence-electron chi connectivity index (χ0n) is 15.3. The maximum absolute atomic E-state index is 13.1. The van der Waals surface area contributed by atoms with E-state index in [0.717, 1.165) is 0 Å². The van der Waals surface area contributed by atoms with Crippen molar-refractivity contribution < 1.29 is 21.6 Å². The van der Waals surface area contributed by atoms with E-state index >= 15 is 0 Å². The molecular formula is C18H14F3N5O2S. The fraction of sp³-hybridized carbons (Fsp3) is 0.222. The third kappa shape index (κ3) is 3.84. The van der Waals surface area contributed by atoms with Gasteiger partial charge in [-0.1, -0.05) is 6.92 Å². The zero-order valence-corrected chi connectivity index (χ0v) is 16.1. The maximum Gasteiger partial charge on any atom is 0.417 e. The smallest absolute Gasteiger partial charge is 0.325 e. The number of alkyl halides is 3. The van der Waals surface area contributed by atoms with Crippen LogP contribution in [0, 0.1) is 11.3 Å². The van der Waals surface area contributed by atoms with E-state index in [0.29, 0.717) is 29.2 Å². The summed E-state index contributed by atoms with van der Waals surface area (Å²) < 4.78 is 65.6. The highest BCUT2D eigenvalue weighted by Crippen LogP contribution is 2.34. The summed E-state index contributed by atoms with van der Waals surface area (Å²) in [7, 11) is -2.46. The van der Waals surface area contributed by atoms with Gasteiger partial charge < -0.3 is 4.57 Å². The lowest BCUT2D eigenvalue weighted by Crippen LogP contribution is -2.13. The van der Waals surface area contributed by atoms with Crippen LogP contribution in [0.1, 0.15) is 18.1 Å². The number of halogens is 3. The fourth-order valence-corrected chi connectivity index (χ4v) is 3.72. The van der Waals surface area contributed by atoms with Crippen LogP contribution >= 0.6 is 0 Å². The highest BCUT2D eigenvalue weighted by molar-refractivity contribution is 7.91. The number of rotatable bonds is 4. The van der Waals surface area contributed by atoms with Gasteiger partial charge in [0.05, 0.1) is 45.4 Å². The number of hydrogen-bond donors (Lipinski definition) is 0. The first kappa shape index (κ1) is 20.5. The normalized spacial score (nSPS) is 12.0. The molecule has 0 saturated carbocycles. The Morgan fingerprint density at radius 2 is 1.90 bits per heavy atom. The summed E-state index contributed by atoms with van der Waals surface area (Å²) in [4.78, 5) is 11.5. The van der Waals surface area contributed by atoms with E-state index < -0.39 is 32.2 Å². The van der Waals surface area contributed by atoms with Crippen LogP contribution in [0.3, 0.4) is 0 Å². The SMILES string of the molecule is CCS(=O)(=O)c1cc(C(F)(F)F)cnc1-c1ncc(-c2cc(C#N)ccn2)n1C. The predicted octanol–water partition coefficient (Wildman–Crippen LogP) is 3.23. The highest BCUT2D eigenvalue weighted by atomic mass is 32.2. The van der Waals surface area contributed by atoms with Crippen molar-refractivity contribution in [3.63, 3.8) is 0 Å². The molecule has 29 heavy (non-hydrogen) atoms. The number of hydrogen-bond acceptors (Lipinski definition) is 6. The Kier molecular flexibility index (Phi) is 5.15. The quantitative estimate of drug-likeness (QED) is 0.641. The molecule has 0 saturated heterocycles. The van der Waals surface area contributed by atoms with Crippen LogP contribution < -0.4 is 0 Å². The van der Waals surface area contributed by atoms with E-state index in [2.05, 4.69) is 15.0 Å². The molecule has 0 atom stereocenters. The molecule has 0 fully saturated rings. The highest BCUT2D eigenvalue weighted by Gasteiger charge is 2.34. The fourth-order valence-electron chi connectivity index (χ4n) is 2.67. The standard InChI is InChI=1S/C18H14F3N5O2S/c1-3-29(27,28)15-7-12(18(19,20)21)9-24-16(15)17-25-10-14(26(17)2)13-6-11(8-22)4-5-23-13/h4-7,9-10H,3H2,1-2H3. The van der Waals surface area contributed by atoms with Gasteiger partial charge >= 0.3 is 6.18 Å². The summed E-state index contributed by atoms with van der Waals surface area (Å²) in [6.07, 6.45) is -1.34. The van der Waals surface area contributed by atoms with Gasteiger partial charge in [0, 0.05) is 19.4 Å². The Labute approximate surface area is 164 Å². The average molecular weight is 421 g/mol. The minimum atomic E-state index is -4.74. The Balaban J connectivity index is 2.22. The molecule has 3 aromatic heterocycles. The summed E-state index contributed by atoms with van der Waals surface area (Å²) in [5.41, 5.74) is -0.147. The summed E-state index contributed by atoms with van der Waals surface area (Å²) in [6.45, 7) is 1.33. The van der Waals surface area contributed by atoms with Gasteiger partial charge in [0.15, 0.2) is 15.7 Å². The van der Waals surface area contributed by atoms with Gasteiger partial charge in [0.25, 0.3) is 0 Å². The molecule has 0 radical (unpaired) electrons. The number of pyridine rings is 2. The number of nitriles is 1. The molecular weight excluding hydrogens is 407 g/mol. The van der Waals surface area contributed by atoms with Crippen molar-refractivity contribution in [2.24, 2.45) is 7.05 Å². The number of sulfone groups is 1. The molecule has 0 aliphatic carbocycles. The third-order valence-corrected chi connectivity index (χ3v) is 5.99. The van der Waals surface area contributed by atoms with Gasteiger partial charge in [0.2, 0.25) is 0 Å². The molecule has 3 aromatic rings. The Bertz CT molecular complexity index is 1230. The lowest BCUT2D eigenvalue weighted by atomic mass is 10.2. The van der Waals surface area contributed by atoms with Gasteiger partial charge in [-0.2, -0.15) is 18.4 Å². The van der Waals surface area contributed by atoms with E-state index in [1.165, 1.54) is 36.0 Å². The van der Waals surface area contributed by atoms with Crippen molar-refractivity contribution in [3.8, 4) is 29.0 Å². The molecule has 0 amide bonds. The van der Waals surface area contributed by atoms with Crippen LogP contribution in [0.5, 0.6) is 0 Å². The second kappa shape index (κ2) is 7.29. The van der Waals surface area contributed by atoms with Crippen molar-refractivity contribution >= 4 is 9.84 Å². The summed E-state index contributed by atoms with van der Waals surface area (Å²) in [5.74, 6) is -0.337.